The van der Waals surface area contributed by atoms with Crippen LogP contribution in [-0.4, -0.2) is 48.5 Å². The lowest BCUT2D eigenvalue weighted by molar-refractivity contribution is -0.0639. The van der Waals surface area contributed by atoms with Gasteiger partial charge in [0.05, 0.1) is 25.9 Å². The number of aliphatic hydroxyl groups is 1. The third kappa shape index (κ3) is 3.21. The second-order valence-corrected chi connectivity index (χ2v) is 4.15. The van der Waals surface area contributed by atoms with Gasteiger partial charge in [-0.1, -0.05) is 30.3 Å². The normalized spacial score (nSPS) is 14.9. The van der Waals surface area contributed by atoms with Gasteiger partial charge in [-0.25, -0.2) is 4.79 Å². The molecule has 1 saturated heterocycles. The summed E-state index contributed by atoms with van der Waals surface area (Å²) in [4.78, 5) is 13.4. The van der Waals surface area contributed by atoms with E-state index in [4.69, 9.17) is 14.6 Å². The molecule has 1 heterocycles. The van der Waals surface area contributed by atoms with Crippen LogP contribution in [0.5, 0.6) is 0 Å². The maximum atomic E-state index is 11.9. The highest BCUT2D eigenvalue weighted by atomic mass is 16.6. The van der Waals surface area contributed by atoms with Gasteiger partial charge in [0, 0.05) is 6.54 Å². The third-order valence-electron chi connectivity index (χ3n) is 2.84. The molecule has 0 saturated carbocycles. The van der Waals surface area contributed by atoms with Crippen LogP contribution in [0.15, 0.2) is 30.3 Å². The van der Waals surface area contributed by atoms with Gasteiger partial charge in [-0.2, -0.15) is 0 Å². The van der Waals surface area contributed by atoms with Crippen LogP contribution in [0.2, 0.25) is 0 Å². The first-order chi connectivity index (χ1) is 8.81. The number of ether oxygens (including phenoxy) is 2. The first-order valence-electron chi connectivity index (χ1n) is 5.97. The van der Waals surface area contributed by atoms with Gasteiger partial charge in [0.25, 0.3) is 0 Å². The topological polar surface area (TPSA) is 59.0 Å². The fourth-order valence-electron chi connectivity index (χ4n) is 1.74. The number of carbonyl (C=O) groups excluding carboxylic acids is 1. The maximum absolute atomic E-state index is 11.9. The van der Waals surface area contributed by atoms with E-state index in [1.54, 1.807) is 0 Å². The summed E-state index contributed by atoms with van der Waals surface area (Å²) >= 11 is 0. The van der Waals surface area contributed by atoms with E-state index < -0.39 is 6.09 Å². The van der Waals surface area contributed by atoms with Crippen molar-refractivity contribution in [3.8, 4) is 0 Å². The molecule has 0 aromatic heterocycles. The van der Waals surface area contributed by atoms with Crippen LogP contribution in [0.3, 0.4) is 0 Å². The number of hydrogen-bond donors (Lipinski definition) is 1. The Labute approximate surface area is 106 Å². The number of carbonyl (C=O) groups is 1. The molecule has 0 radical (unpaired) electrons. The molecule has 1 aromatic carbocycles. The summed E-state index contributed by atoms with van der Waals surface area (Å²) < 4.78 is 10.3. The second kappa shape index (κ2) is 6.37. The highest BCUT2D eigenvalue weighted by molar-refractivity contribution is 5.68. The van der Waals surface area contributed by atoms with Gasteiger partial charge >= 0.3 is 6.09 Å². The standard InChI is InChI=1S/C13H17NO4/c15-7-6-14(12-9-17-10-12)13(16)18-8-11-4-2-1-3-5-11/h1-5,12,15H,6-10H2. The fourth-order valence-corrected chi connectivity index (χ4v) is 1.74. The van der Waals surface area contributed by atoms with Gasteiger partial charge in [0.2, 0.25) is 0 Å². The van der Waals surface area contributed by atoms with Crippen molar-refractivity contribution in [3.63, 3.8) is 0 Å². The van der Waals surface area contributed by atoms with E-state index in [2.05, 4.69) is 0 Å². The number of rotatable bonds is 5. The van der Waals surface area contributed by atoms with Gasteiger partial charge in [0.15, 0.2) is 0 Å². The van der Waals surface area contributed by atoms with E-state index in [0.29, 0.717) is 13.2 Å². The van der Waals surface area contributed by atoms with Crippen molar-refractivity contribution in [3.05, 3.63) is 35.9 Å². The molecule has 5 nitrogen and oxygen atoms in total. The van der Waals surface area contributed by atoms with Crippen LogP contribution in [0.25, 0.3) is 0 Å². The Bertz CT molecular complexity index is 378. The highest BCUT2D eigenvalue weighted by Gasteiger charge is 2.30. The van der Waals surface area contributed by atoms with E-state index in [1.807, 2.05) is 30.3 Å². The minimum absolute atomic E-state index is 0.0282. The van der Waals surface area contributed by atoms with E-state index in [1.165, 1.54) is 4.90 Å². The lowest BCUT2D eigenvalue weighted by Gasteiger charge is -2.36. The monoisotopic (exact) mass is 251 g/mol. The average Bonchev–Trinajstić information content (AvgIpc) is 2.34. The summed E-state index contributed by atoms with van der Waals surface area (Å²) in [6.07, 6.45) is -0.402. The van der Waals surface area contributed by atoms with E-state index in [-0.39, 0.29) is 25.8 Å². The quantitative estimate of drug-likeness (QED) is 0.848. The minimum atomic E-state index is -0.402. The fraction of sp³-hybridized carbons (Fsp3) is 0.462. The molecule has 1 aromatic rings. The molecular weight excluding hydrogens is 234 g/mol. The molecule has 5 heteroatoms. The van der Waals surface area contributed by atoms with Crippen molar-refractivity contribution in [1.29, 1.82) is 0 Å². The Balaban J connectivity index is 1.85. The van der Waals surface area contributed by atoms with Gasteiger partial charge in [-0.3, -0.25) is 4.90 Å². The first kappa shape index (κ1) is 12.9. The minimum Gasteiger partial charge on any atom is -0.445 e. The summed E-state index contributed by atoms with van der Waals surface area (Å²) in [5.41, 5.74) is 0.944. The molecule has 2 rings (SSSR count). The van der Waals surface area contributed by atoms with Gasteiger partial charge in [-0.15, -0.1) is 0 Å². The number of hydrogen-bond acceptors (Lipinski definition) is 4. The van der Waals surface area contributed by atoms with E-state index in [0.717, 1.165) is 5.56 Å². The van der Waals surface area contributed by atoms with Crippen molar-refractivity contribution < 1.29 is 19.4 Å². The smallest absolute Gasteiger partial charge is 0.410 e. The summed E-state index contributed by atoms with van der Waals surface area (Å²) in [5.74, 6) is 0. The molecule has 1 aliphatic rings. The second-order valence-electron chi connectivity index (χ2n) is 4.15. The number of benzene rings is 1. The van der Waals surface area contributed by atoms with Crippen LogP contribution in [0.4, 0.5) is 4.79 Å². The zero-order valence-electron chi connectivity index (χ0n) is 10.1. The largest absolute Gasteiger partial charge is 0.445 e. The lowest BCUT2D eigenvalue weighted by atomic mass is 10.2. The van der Waals surface area contributed by atoms with Crippen molar-refractivity contribution in [2.45, 2.75) is 12.6 Å². The Kier molecular flexibility index (Phi) is 4.55. The molecule has 0 spiro atoms. The zero-order chi connectivity index (χ0) is 12.8. The Morgan fingerprint density at radius 1 is 1.39 bits per heavy atom. The molecule has 1 fully saturated rings. The predicted molar refractivity (Wildman–Crippen MR) is 65.0 cm³/mol. The number of amides is 1. The van der Waals surface area contributed by atoms with Crippen LogP contribution in [0.1, 0.15) is 5.56 Å². The molecular formula is C13H17NO4. The molecule has 0 atom stereocenters. The lowest BCUT2D eigenvalue weighted by Crippen LogP contribution is -2.52. The molecule has 1 N–H and O–H groups in total. The summed E-state index contributed by atoms with van der Waals surface area (Å²) in [6.45, 7) is 1.48. The van der Waals surface area contributed by atoms with E-state index >= 15 is 0 Å². The van der Waals surface area contributed by atoms with Crippen molar-refractivity contribution >= 4 is 6.09 Å². The van der Waals surface area contributed by atoms with E-state index in [9.17, 15) is 4.79 Å². The Morgan fingerprint density at radius 2 is 2.11 bits per heavy atom. The zero-order valence-corrected chi connectivity index (χ0v) is 10.1. The highest BCUT2D eigenvalue weighted by Crippen LogP contribution is 2.12. The van der Waals surface area contributed by atoms with Crippen LogP contribution < -0.4 is 0 Å². The molecule has 98 valence electrons. The van der Waals surface area contributed by atoms with Crippen molar-refractivity contribution in [2.75, 3.05) is 26.4 Å². The average molecular weight is 251 g/mol. The SMILES string of the molecule is O=C(OCc1ccccc1)N(CCO)C1COC1. The molecule has 0 unspecified atom stereocenters. The first-order valence-corrected chi connectivity index (χ1v) is 5.97. The Morgan fingerprint density at radius 3 is 2.67 bits per heavy atom. The van der Waals surface area contributed by atoms with Crippen LogP contribution >= 0.6 is 0 Å². The summed E-state index contributed by atoms with van der Waals surface area (Å²) in [5, 5.41) is 8.95. The molecule has 1 amide bonds. The summed E-state index contributed by atoms with van der Waals surface area (Å²) in [6, 6.07) is 9.53. The van der Waals surface area contributed by atoms with Gasteiger partial charge in [-0.05, 0) is 5.56 Å². The molecule has 1 aliphatic heterocycles. The molecule has 0 bridgehead atoms. The Hall–Kier alpha value is -1.59. The van der Waals surface area contributed by atoms with Crippen LogP contribution in [-0.2, 0) is 16.1 Å². The number of nitrogens with zero attached hydrogens (tertiary/aromatic N) is 1. The summed E-state index contributed by atoms with van der Waals surface area (Å²) in [7, 11) is 0. The van der Waals surface area contributed by atoms with Crippen molar-refractivity contribution in [2.24, 2.45) is 0 Å². The third-order valence-corrected chi connectivity index (χ3v) is 2.84. The predicted octanol–water partition coefficient (Wildman–Crippen LogP) is 1.02. The van der Waals surface area contributed by atoms with Crippen LogP contribution in [0, 0.1) is 0 Å². The van der Waals surface area contributed by atoms with Gasteiger partial charge < -0.3 is 14.6 Å². The molecule has 18 heavy (non-hydrogen) atoms. The van der Waals surface area contributed by atoms with Crippen molar-refractivity contribution in [1.82, 2.24) is 4.90 Å². The molecule has 0 aliphatic carbocycles. The maximum Gasteiger partial charge on any atom is 0.410 e. The van der Waals surface area contributed by atoms with Gasteiger partial charge in [0.1, 0.15) is 6.61 Å². The number of aliphatic hydroxyl groups excluding tert-OH is 1.